The van der Waals surface area contributed by atoms with Crippen molar-refractivity contribution in [2.75, 3.05) is 0 Å². The fraction of sp³-hybridized carbons (Fsp3) is 0. The van der Waals surface area contributed by atoms with Crippen LogP contribution in [0, 0.1) is 0 Å². The normalized spacial score (nSPS) is 16.9. The standard InChI is InChI=1S/C12H6Cl2N2O4S2/c13-6-2-1-5(3-7(6)14)8-4-21-12(15-8)10-9(17)11(18)16-22(10,19)20/h1-4,17H,(H,16,18). The number of aliphatic hydroxyl groups is 1. The molecule has 0 bridgehead atoms. The summed E-state index contributed by atoms with van der Waals surface area (Å²) >= 11 is 12.7. The molecule has 1 aliphatic rings. The molecule has 0 saturated heterocycles. The number of carbonyl (C=O) groups excluding carboxylic acids is 1. The molecule has 0 saturated carbocycles. The number of carbonyl (C=O) groups is 1. The fourth-order valence-electron chi connectivity index (χ4n) is 1.83. The Kier molecular flexibility index (Phi) is 3.64. The third kappa shape index (κ3) is 2.48. The maximum atomic E-state index is 11.8. The molecule has 6 nitrogen and oxygen atoms in total. The number of nitrogens with zero attached hydrogens (tertiary/aromatic N) is 1. The Balaban J connectivity index is 2.08. The average Bonchev–Trinajstić information content (AvgIpc) is 2.97. The molecule has 0 radical (unpaired) electrons. The van der Waals surface area contributed by atoms with Crippen molar-refractivity contribution >= 4 is 55.4 Å². The van der Waals surface area contributed by atoms with Crippen LogP contribution in [0.25, 0.3) is 16.2 Å². The number of nitrogens with one attached hydrogen (secondary N) is 1. The SMILES string of the molecule is O=C1NS(=O)(=O)C(c2nc(-c3ccc(Cl)c(Cl)c3)cs2)=C1O. The number of aliphatic hydroxyl groups excluding tert-OH is 1. The van der Waals surface area contributed by atoms with Crippen LogP contribution >= 0.6 is 34.5 Å². The molecule has 2 heterocycles. The van der Waals surface area contributed by atoms with Gasteiger partial charge in [0.15, 0.2) is 4.91 Å². The molecular weight excluding hydrogens is 371 g/mol. The second-order valence-corrected chi connectivity index (χ2v) is 7.57. The summed E-state index contributed by atoms with van der Waals surface area (Å²) in [6.07, 6.45) is 0. The first-order valence-corrected chi connectivity index (χ1v) is 8.83. The molecule has 0 fully saturated rings. The van der Waals surface area contributed by atoms with Gasteiger partial charge in [0.05, 0.1) is 15.7 Å². The highest BCUT2D eigenvalue weighted by Gasteiger charge is 2.38. The monoisotopic (exact) mass is 376 g/mol. The molecule has 1 aromatic carbocycles. The highest BCUT2D eigenvalue weighted by Crippen LogP contribution is 2.34. The minimum atomic E-state index is -4.09. The van der Waals surface area contributed by atoms with E-state index in [1.807, 2.05) is 0 Å². The van der Waals surface area contributed by atoms with Gasteiger partial charge in [0.2, 0.25) is 5.76 Å². The van der Waals surface area contributed by atoms with E-state index in [1.54, 1.807) is 28.3 Å². The van der Waals surface area contributed by atoms with Gasteiger partial charge in [-0.25, -0.2) is 18.1 Å². The number of hydrogen-bond acceptors (Lipinski definition) is 6. The van der Waals surface area contributed by atoms with E-state index in [4.69, 9.17) is 23.2 Å². The van der Waals surface area contributed by atoms with E-state index in [-0.39, 0.29) is 5.01 Å². The molecule has 0 aliphatic carbocycles. The summed E-state index contributed by atoms with van der Waals surface area (Å²) in [5.41, 5.74) is 1.08. The zero-order valence-electron chi connectivity index (χ0n) is 10.5. The minimum Gasteiger partial charge on any atom is -0.502 e. The van der Waals surface area contributed by atoms with Crippen molar-refractivity contribution in [2.24, 2.45) is 0 Å². The zero-order chi connectivity index (χ0) is 16.1. The molecule has 1 aromatic heterocycles. The lowest BCUT2D eigenvalue weighted by Crippen LogP contribution is -2.23. The smallest absolute Gasteiger partial charge is 0.301 e. The van der Waals surface area contributed by atoms with Crippen molar-refractivity contribution in [2.45, 2.75) is 0 Å². The lowest BCUT2D eigenvalue weighted by Gasteiger charge is -2.00. The molecule has 2 aromatic rings. The van der Waals surface area contributed by atoms with Crippen molar-refractivity contribution < 1.29 is 18.3 Å². The van der Waals surface area contributed by atoms with Crippen LogP contribution in [0.2, 0.25) is 10.0 Å². The second kappa shape index (κ2) is 5.24. The number of rotatable bonds is 2. The fourth-order valence-corrected chi connectivity index (χ4v) is 4.44. The molecule has 22 heavy (non-hydrogen) atoms. The molecule has 10 heteroatoms. The van der Waals surface area contributed by atoms with Crippen LogP contribution in [0.1, 0.15) is 5.01 Å². The Bertz CT molecular complexity index is 934. The number of amides is 1. The Morgan fingerprint density at radius 2 is 1.95 bits per heavy atom. The summed E-state index contributed by atoms with van der Waals surface area (Å²) in [4.78, 5) is 14.9. The molecule has 1 amide bonds. The minimum absolute atomic E-state index is 0.0110. The molecule has 1 aliphatic heterocycles. The van der Waals surface area contributed by atoms with Crippen LogP contribution in [0.15, 0.2) is 29.3 Å². The molecule has 0 spiro atoms. The van der Waals surface area contributed by atoms with Gasteiger partial charge < -0.3 is 5.11 Å². The van der Waals surface area contributed by atoms with Crippen LogP contribution < -0.4 is 4.72 Å². The third-order valence-electron chi connectivity index (χ3n) is 2.84. The van der Waals surface area contributed by atoms with Crippen molar-refractivity contribution in [3.05, 3.63) is 44.4 Å². The van der Waals surface area contributed by atoms with E-state index >= 15 is 0 Å². The topological polar surface area (TPSA) is 96.4 Å². The van der Waals surface area contributed by atoms with Crippen LogP contribution in [-0.4, -0.2) is 24.4 Å². The number of hydrogen-bond donors (Lipinski definition) is 2. The van der Waals surface area contributed by atoms with Gasteiger partial charge in [-0.3, -0.25) is 4.79 Å². The van der Waals surface area contributed by atoms with Gasteiger partial charge in [-0.2, -0.15) is 0 Å². The Morgan fingerprint density at radius 3 is 2.55 bits per heavy atom. The highest BCUT2D eigenvalue weighted by atomic mass is 35.5. The van der Waals surface area contributed by atoms with Crippen LogP contribution in [0.4, 0.5) is 0 Å². The van der Waals surface area contributed by atoms with Crippen molar-refractivity contribution in [3.8, 4) is 11.3 Å². The van der Waals surface area contributed by atoms with E-state index in [0.29, 0.717) is 21.3 Å². The first-order chi connectivity index (χ1) is 10.3. The van der Waals surface area contributed by atoms with Gasteiger partial charge in [-0.1, -0.05) is 29.3 Å². The third-order valence-corrected chi connectivity index (χ3v) is 5.95. The number of aromatic nitrogens is 1. The molecule has 0 atom stereocenters. The first-order valence-electron chi connectivity index (χ1n) is 5.71. The summed E-state index contributed by atoms with van der Waals surface area (Å²) in [7, 11) is -4.09. The maximum absolute atomic E-state index is 11.8. The van der Waals surface area contributed by atoms with Gasteiger partial charge in [0, 0.05) is 10.9 Å². The summed E-state index contributed by atoms with van der Waals surface area (Å²) < 4.78 is 25.3. The van der Waals surface area contributed by atoms with Crippen molar-refractivity contribution in [1.29, 1.82) is 0 Å². The van der Waals surface area contributed by atoms with E-state index in [0.717, 1.165) is 11.3 Å². The first kappa shape index (κ1) is 15.3. The van der Waals surface area contributed by atoms with Gasteiger partial charge >= 0.3 is 5.91 Å². The molecule has 0 unspecified atom stereocenters. The number of thiazole rings is 1. The molecular formula is C12H6Cl2N2O4S2. The molecule has 3 rings (SSSR count). The molecule has 114 valence electrons. The predicted molar refractivity (Wildman–Crippen MR) is 84.2 cm³/mol. The number of sulfonamides is 1. The summed E-state index contributed by atoms with van der Waals surface area (Å²) in [5, 5.41) is 11.9. The van der Waals surface area contributed by atoms with Gasteiger partial charge in [0.1, 0.15) is 5.01 Å². The quantitative estimate of drug-likeness (QED) is 0.839. The van der Waals surface area contributed by atoms with E-state index < -0.39 is 26.6 Å². The van der Waals surface area contributed by atoms with E-state index in [1.165, 1.54) is 0 Å². The number of benzene rings is 1. The Morgan fingerprint density at radius 1 is 1.23 bits per heavy atom. The van der Waals surface area contributed by atoms with Crippen molar-refractivity contribution in [1.82, 2.24) is 9.71 Å². The number of halogens is 2. The summed E-state index contributed by atoms with van der Waals surface area (Å²) in [6, 6.07) is 4.85. The maximum Gasteiger partial charge on any atom is 0.301 e. The molecule has 2 N–H and O–H groups in total. The van der Waals surface area contributed by atoms with Crippen molar-refractivity contribution in [3.63, 3.8) is 0 Å². The average molecular weight is 377 g/mol. The Labute approximate surface area is 139 Å². The van der Waals surface area contributed by atoms with E-state index in [2.05, 4.69) is 4.98 Å². The summed E-state index contributed by atoms with van der Waals surface area (Å²) in [6.45, 7) is 0. The predicted octanol–water partition coefficient (Wildman–Crippen LogP) is 2.80. The lowest BCUT2D eigenvalue weighted by molar-refractivity contribution is -0.117. The lowest BCUT2D eigenvalue weighted by atomic mass is 10.2. The summed E-state index contributed by atoms with van der Waals surface area (Å²) in [5.74, 6) is -1.93. The highest BCUT2D eigenvalue weighted by molar-refractivity contribution is 8.00. The zero-order valence-corrected chi connectivity index (χ0v) is 13.6. The van der Waals surface area contributed by atoms with Crippen LogP contribution in [0.3, 0.4) is 0 Å². The van der Waals surface area contributed by atoms with Gasteiger partial charge in [-0.05, 0) is 12.1 Å². The Hall–Kier alpha value is -1.61. The largest absolute Gasteiger partial charge is 0.502 e. The van der Waals surface area contributed by atoms with E-state index in [9.17, 15) is 18.3 Å². The van der Waals surface area contributed by atoms with Crippen LogP contribution in [-0.2, 0) is 14.8 Å². The van der Waals surface area contributed by atoms with Gasteiger partial charge in [0.25, 0.3) is 10.0 Å². The second-order valence-electron chi connectivity index (χ2n) is 4.28. The van der Waals surface area contributed by atoms with Crippen LogP contribution in [0.5, 0.6) is 0 Å². The van der Waals surface area contributed by atoms with Gasteiger partial charge in [-0.15, -0.1) is 11.3 Å².